The van der Waals surface area contributed by atoms with E-state index in [9.17, 15) is 4.79 Å². The second-order valence-electron chi connectivity index (χ2n) is 6.29. The Balaban J connectivity index is 1.71. The van der Waals surface area contributed by atoms with E-state index in [0.717, 1.165) is 29.6 Å². The largest absolute Gasteiger partial charge is 0.481 e. The van der Waals surface area contributed by atoms with E-state index in [1.54, 1.807) is 17.9 Å². The van der Waals surface area contributed by atoms with Crippen LogP contribution in [0.2, 0.25) is 0 Å². The minimum Gasteiger partial charge on any atom is -0.481 e. The fourth-order valence-corrected chi connectivity index (χ4v) is 2.65. The van der Waals surface area contributed by atoms with Crippen molar-refractivity contribution in [3.05, 3.63) is 53.9 Å². The van der Waals surface area contributed by atoms with Gasteiger partial charge in [0.25, 0.3) is 5.91 Å². The van der Waals surface area contributed by atoms with Crippen molar-refractivity contribution in [2.24, 2.45) is 0 Å². The SMILES string of the molecule is COc1cc(CNC(=O)c2ccn(CCN(C)C)n2)c2ccccc2n1. The third kappa shape index (κ3) is 4.18. The summed E-state index contributed by atoms with van der Waals surface area (Å²) in [5.41, 5.74) is 2.20. The third-order valence-corrected chi connectivity index (χ3v) is 4.08. The summed E-state index contributed by atoms with van der Waals surface area (Å²) in [6.45, 7) is 1.99. The van der Waals surface area contributed by atoms with Crippen LogP contribution in [-0.2, 0) is 13.1 Å². The molecule has 0 saturated carbocycles. The van der Waals surface area contributed by atoms with Crippen LogP contribution < -0.4 is 10.1 Å². The predicted molar refractivity (Wildman–Crippen MR) is 100 cm³/mol. The lowest BCUT2D eigenvalue weighted by Gasteiger charge is -2.10. The molecule has 1 amide bonds. The normalized spacial score (nSPS) is 11.1. The summed E-state index contributed by atoms with van der Waals surface area (Å²) in [4.78, 5) is 18.9. The maximum atomic E-state index is 12.4. The van der Waals surface area contributed by atoms with Crippen molar-refractivity contribution in [2.75, 3.05) is 27.7 Å². The van der Waals surface area contributed by atoms with Gasteiger partial charge in [0.05, 0.1) is 19.2 Å². The number of carbonyl (C=O) groups is 1. The Morgan fingerprint density at radius 1 is 1.27 bits per heavy atom. The second kappa shape index (κ2) is 7.97. The highest BCUT2D eigenvalue weighted by Gasteiger charge is 2.11. The molecule has 26 heavy (non-hydrogen) atoms. The molecule has 0 aliphatic heterocycles. The number of nitrogens with one attached hydrogen (secondary N) is 1. The lowest BCUT2D eigenvalue weighted by atomic mass is 10.1. The van der Waals surface area contributed by atoms with E-state index in [-0.39, 0.29) is 5.91 Å². The molecule has 0 aliphatic rings. The second-order valence-corrected chi connectivity index (χ2v) is 6.29. The van der Waals surface area contributed by atoms with E-state index in [1.807, 2.05) is 50.6 Å². The summed E-state index contributed by atoms with van der Waals surface area (Å²) >= 11 is 0. The lowest BCUT2D eigenvalue weighted by Crippen LogP contribution is -2.24. The van der Waals surface area contributed by atoms with Gasteiger partial charge in [-0.05, 0) is 31.8 Å². The molecule has 0 fully saturated rings. The summed E-state index contributed by atoms with van der Waals surface area (Å²) in [7, 11) is 5.59. The Morgan fingerprint density at radius 2 is 2.08 bits per heavy atom. The molecule has 1 N–H and O–H groups in total. The molecule has 3 rings (SSSR count). The topological polar surface area (TPSA) is 72.3 Å². The average Bonchev–Trinajstić information content (AvgIpc) is 3.13. The number of rotatable bonds is 7. The van der Waals surface area contributed by atoms with Crippen molar-refractivity contribution in [1.82, 2.24) is 25.0 Å². The maximum Gasteiger partial charge on any atom is 0.272 e. The van der Waals surface area contributed by atoms with Crippen LogP contribution in [0.1, 0.15) is 16.1 Å². The Morgan fingerprint density at radius 3 is 2.85 bits per heavy atom. The summed E-state index contributed by atoms with van der Waals surface area (Å²) in [5.74, 6) is 0.328. The quantitative estimate of drug-likeness (QED) is 0.703. The van der Waals surface area contributed by atoms with E-state index in [1.165, 1.54) is 0 Å². The lowest BCUT2D eigenvalue weighted by molar-refractivity contribution is 0.0945. The molecule has 0 unspecified atom stereocenters. The maximum absolute atomic E-state index is 12.4. The smallest absolute Gasteiger partial charge is 0.272 e. The van der Waals surface area contributed by atoms with Crippen molar-refractivity contribution >= 4 is 16.8 Å². The summed E-state index contributed by atoms with van der Waals surface area (Å²) < 4.78 is 7.04. The van der Waals surface area contributed by atoms with Crippen LogP contribution in [0, 0.1) is 0 Å². The first-order valence-corrected chi connectivity index (χ1v) is 8.46. The van der Waals surface area contributed by atoms with Gasteiger partial charge in [0, 0.05) is 30.7 Å². The van der Waals surface area contributed by atoms with Crippen molar-refractivity contribution in [1.29, 1.82) is 0 Å². The van der Waals surface area contributed by atoms with Crippen molar-refractivity contribution in [3.8, 4) is 5.88 Å². The van der Waals surface area contributed by atoms with Gasteiger partial charge in [-0.25, -0.2) is 4.98 Å². The Kier molecular flexibility index (Phi) is 5.48. The molecule has 0 radical (unpaired) electrons. The van der Waals surface area contributed by atoms with Gasteiger partial charge in [-0.15, -0.1) is 0 Å². The highest BCUT2D eigenvalue weighted by Crippen LogP contribution is 2.21. The molecular weight excluding hydrogens is 330 g/mol. The zero-order chi connectivity index (χ0) is 18.5. The van der Waals surface area contributed by atoms with Crippen molar-refractivity contribution in [2.45, 2.75) is 13.1 Å². The van der Waals surface area contributed by atoms with Gasteiger partial charge in [-0.3, -0.25) is 9.48 Å². The third-order valence-electron chi connectivity index (χ3n) is 4.08. The number of hydrogen-bond donors (Lipinski definition) is 1. The number of fused-ring (bicyclic) bond motifs is 1. The Hall–Kier alpha value is -2.93. The first-order chi connectivity index (χ1) is 12.6. The first-order valence-electron chi connectivity index (χ1n) is 8.46. The number of pyridine rings is 1. The fraction of sp³-hybridized carbons (Fsp3) is 0.316. The monoisotopic (exact) mass is 353 g/mol. The molecule has 7 heteroatoms. The zero-order valence-electron chi connectivity index (χ0n) is 15.3. The predicted octanol–water partition coefficient (Wildman–Crippen LogP) is 1.93. The number of benzene rings is 1. The molecule has 2 aromatic heterocycles. The number of hydrogen-bond acceptors (Lipinski definition) is 5. The van der Waals surface area contributed by atoms with Gasteiger partial charge < -0.3 is 15.0 Å². The number of carbonyl (C=O) groups excluding carboxylic acids is 1. The minimum atomic E-state index is -0.200. The van der Waals surface area contributed by atoms with Crippen LogP contribution in [-0.4, -0.2) is 53.3 Å². The number of methoxy groups -OCH3 is 1. The van der Waals surface area contributed by atoms with Gasteiger partial charge in [-0.1, -0.05) is 18.2 Å². The number of nitrogens with zero attached hydrogens (tertiary/aromatic N) is 4. The van der Waals surface area contributed by atoms with Gasteiger partial charge >= 0.3 is 0 Å². The molecule has 0 saturated heterocycles. The van der Waals surface area contributed by atoms with Gasteiger partial charge in [0.15, 0.2) is 0 Å². The van der Waals surface area contributed by atoms with Crippen LogP contribution in [0.5, 0.6) is 5.88 Å². The standard InChI is InChI=1S/C19H23N5O2/c1-23(2)10-11-24-9-8-17(22-24)19(25)20-13-14-12-18(26-3)21-16-7-5-4-6-15(14)16/h4-9,12H,10-11,13H2,1-3H3,(H,20,25). The number of likely N-dealkylation sites (N-methyl/N-ethyl adjacent to an activating group) is 1. The molecule has 7 nitrogen and oxygen atoms in total. The molecular formula is C19H23N5O2. The van der Waals surface area contributed by atoms with Crippen molar-refractivity contribution in [3.63, 3.8) is 0 Å². The van der Waals surface area contributed by atoms with Crippen LogP contribution in [0.25, 0.3) is 10.9 Å². The van der Waals surface area contributed by atoms with Gasteiger partial charge in [0.1, 0.15) is 5.69 Å². The van der Waals surface area contributed by atoms with E-state index in [4.69, 9.17) is 4.74 Å². The van der Waals surface area contributed by atoms with Gasteiger partial charge in [-0.2, -0.15) is 5.10 Å². The van der Waals surface area contributed by atoms with Crippen molar-refractivity contribution < 1.29 is 9.53 Å². The van der Waals surface area contributed by atoms with Crippen LogP contribution in [0.3, 0.4) is 0 Å². The Bertz CT molecular complexity index is 904. The number of aromatic nitrogens is 3. The highest BCUT2D eigenvalue weighted by molar-refractivity contribution is 5.92. The van der Waals surface area contributed by atoms with E-state index < -0.39 is 0 Å². The molecule has 0 bridgehead atoms. The minimum absolute atomic E-state index is 0.200. The molecule has 1 aromatic carbocycles. The van der Waals surface area contributed by atoms with E-state index in [2.05, 4.69) is 20.3 Å². The summed E-state index contributed by atoms with van der Waals surface area (Å²) in [5, 5.41) is 8.25. The van der Waals surface area contributed by atoms with Gasteiger partial charge in [0.2, 0.25) is 5.88 Å². The van der Waals surface area contributed by atoms with Crippen LogP contribution >= 0.6 is 0 Å². The fourth-order valence-electron chi connectivity index (χ4n) is 2.65. The van der Waals surface area contributed by atoms with Crippen LogP contribution in [0.15, 0.2) is 42.6 Å². The number of amides is 1. The molecule has 136 valence electrons. The number of ether oxygens (including phenoxy) is 1. The molecule has 3 aromatic rings. The molecule has 0 spiro atoms. The highest BCUT2D eigenvalue weighted by atomic mass is 16.5. The summed E-state index contributed by atoms with van der Waals surface area (Å²) in [6, 6.07) is 11.4. The molecule has 2 heterocycles. The first kappa shape index (κ1) is 17.9. The van der Waals surface area contributed by atoms with E-state index >= 15 is 0 Å². The zero-order valence-corrected chi connectivity index (χ0v) is 15.3. The summed E-state index contributed by atoms with van der Waals surface area (Å²) in [6.07, 6.45) is 1.82. The molecule has 0 aliphatic carbocycles. The Labute approximate surface area is 152 Å². The number of para-hydroxylation sites is 1. The average molecular weight is 353 g/mol. The van der Waals surface area contributed by atoms with Crippen LogP contribution in [0.4, 0.5) is 0 Å². The van der Waals surface area contributed by atoms with E-state index in [0.29, 0.717) is 18.1 Å². The molecule has 0 atom stereocenters.